The molecule has 0 saturated carbocycles. The first kappa shape index (κ1) is 14.3. The number of nitrogens with zero attached hydrogens (tertiary/aromatic N) is 3. The zero-order valence-electron chi connectivity index (χ0n) is 12.4. The van der Waals surface area contributed by atoms with Crippen LogP contribution in [0.5, 0.6) is 0 Å². The van der Waals surface area contributed by atoms with Gasteiger partial charge in [0.1, 0.15) is 5.82 Å². The molecule has 0 bridgehead atoms. The summed E-state index contributed by atoms with van der Waals surface area (Å²) in [7, 11) is 0. The first-order chi connectivity index (χ1) is 9.15. The van der Waals surface area contributed by atoms with E-state index in [0.29, 0.717) is 12.5 Å². The quantitative estimate of drug-likeness (QED) is 0.906. The highest BCUT2D eigenvalue weighted by atomic mass is 15.2. The van der Waals surface area contributed by atoms with Crippen molar-refractivity contribution in [3.05, 3.63) is 17.7 Å². The Balaban J connectivity index is 2.23. The van der Waals surface area contributed by atoms with Crippen LogP contribution in [0.15, 0.2) is 6.20 Å². The van der Waals surface area contributed by atoms with Crippen molar-refractivity contribution in [1.29, 1.82) is 0 Å². The second-order valence-electron chi connectivity index (χ2n) is 5.78. The Morgan fingerprint density at radius 2 is 2.26 bits per heavy atom. The Morgan fingerprint density at radius 3 is 2.89 bits per heavy atom. The molecule has 106 valence electrons. The predicted molar refractivity (Wildman–Crippen MR) is 79.2 cm³/mol. The molecule has 1 aromatic heterocycles. The zero-order valence-corrected chi connectivity index (χ0v) is 12.4. The fourth-order valence-corrected chi connectivity index (χ4v) is 2.74. The van der Waals surface area contributed by atoms with E-state index in [0.717, 1.165) is 36.2 Å². The third kappa shape index (κ3) is 3.24. The summed E-state index contributed by atoms with van der Waals surface area (Å²) >= 11 is 0. The Labute approximate surface area is 116 Å². The van der Waals surface area contributed by atoms with E-state index >= 15 is 0 Å². The van der Waals surface area contributed by atoms with Crippen LogP contribution in [0.3, 0.4) is 0 Å². The Bertz CT molecular complexity index is 417. The lowest BCUT2D eigenvalue weighted by Gasteiger charge is -2.34. The molecule has 19 heavy (non-hydrogen) atoms. The minimum atomic E-state index is 0.351. The molecule has 0 radical (unpaired) electrons. The average molecular weight is 262 g/mol. The van der Waals surface area contributed by atoms with Gasteiger partial charge in [0.15, 0.2) is 0 Å². The summed E-state index contributed by atoms with van der Waals surface area (Å²) in [4.78, 5) is 11.6. The van der Waals surface area contributed by atoms with Crippen molar-refractivity contribution in [3.63, 3.8) is 0 Å². The van der Waals surface area contributed by atoms with Gasteiger partial charge >= 0.3 is 0 Å². The first-order valence-electron chi connectivity index (χ1n) is 7.46. The van der Waals surface area contributed by atoms with E-state index in [-0.39, 0.29) is 0 Å². The molecular formula is C15H26N4. The maximum absolute atomic E-state index is 5.88. The van der Waals surface area contributed by atoms with Gasteiger partial charge in [-0.15, -0.1) is 0 Å². The van der Waals surface area contributed by atoms with Crippen LogP contribution in [0.25, 0.3) is 0 Å². The van der Waals surface area contributed by atoms with Gasteiger partial charge in [-0.3, -0.25) is 0 Å². The van der Waals surface area contributed by atoms with Crippen molar-refractivity contribution in [2.24, 2.45) is 11.7 Å². The van der Waals surface area contributed by atoms with Gasteiger partial charge in [0.25, 0.3) is 0 Å². The lowest BCUT2D eigenvalue weighted by atomic mass is 9.95. The third-order valence-corrected chi connectivity index (χ3v) is 4.01. The van der Waals surface area contributed by atoms with Crippen LogP contribution >= 0.6 is 0 Å². The predicted octanol–water partition coefficient (Wildman–Crippen LogP) is 2.69. The summed E-state index contributed by atoms with van der Waals surface area (Å²) in [5.41, 5.74) is 8.02. The molecule has 1 aliphatic rings. The molecule has 0 aromatic carbocycles. The SMILES string of the molecule is CCC1CCCN(c2cnc(C(C)C)nc2CN)C1. The molecule has 4 nitrogen and oxygen atoms in total. The van der Waals surface area contributed by atoms with E-state index in [1.54, 1.807) is 0 Å². The van der Waals surface area contributed by atoms with E-state index in [1.165, 1.54) is 19.3 Å². The molecule has 1 saturated heterocycles. The van der Waals surface area contributed by atoms with Crippen molar-refractivity contribution < 1.29 is 0 Å². The highest BCUT2D eigenvalue weighted by molar-refractivity contribution is 5.49. The topological polar surface area (TPSA) is 55.0 Å². The standard InChI is InChI=1S/C15H26N4/c1-4-12-6-5-7-19(10-12)14-9-17-15(11(2)3)18-13(14)8-16/h9,11-12H,4-8,10,16H2,1-3H3. The maximum Gasteiger partial charge on any atom is 0.131 e. The van der Waals surface area contributed by atoms with Crippen LogP contribution < -0.4 is 10.6 Å². The molecule has 1 atom stereocenters. The second-order valence-corrected chi connectivity index (χ2v) is 5.78. The van der Waals surface area contributed by atoms with Crippen LogP contribution in [-0.2, 0) is 6.54 Å². The molecule has 1 unspecified atom stereocenters. The average Bonchev–Trinajstić information content (AvgIpc) is 2.46. The summed E-state index contributed by atoms with van der Waals surface area (Å²) < 4.78 is 0. The fraction of sp³-hybridized carbons (Fsp3) is 0.733. The third-order valence-electron chi connectivity index (χ3n) is 4.01. The molecule has 2 heterocycles. The minimum absolute atomic E-state index is 0.351. The molecule has 1 fully saturated rings. The summed E-state index contributed by atoms with van der Waals surface area (Å²) in [6.07, 6.45) is 5.83. The lowest BCUT2D eigenvalue weighted by Crippen LogP contribution is -2.36. The van der Waals surface area contributed by atoms with Crippen molar-refractivity contribution in [3.8, 4) is 0 Å². The molecule has 1 aromatic rings. The normalized spacial score (nSPS) is 20.1. The molecule has 2 N–H and O–H groups in total. The van der Waals surface area contributed by atoms with E-state index < -0.39 is 0 Å². The van der Waals surface area contributed by atoms with Gasteiger partial charge in [-0.25, -0.2) is 9.97 Å². The molecule has 0 aliphatic carbocycles. The fourth-order valence-electron chi connectivity index (χ4n) is 2.74. The monoisotopic (exact) mass is 262 g/mol. The molecule has 2 rings (SSSR count). The highest BCUT2D eigenvalue weighted by Gasteiger charge is 2.21. The highest BCUT2D eigenvalue weighted by Crippen LogP contribution is 2.27. The van der Waals surface area contributed by atoms with Crippen LogP contribution in [0.1, 0.15) is 57.5 Å². The van der Waals surface area contributed by atoms with Crippen LogP contribution in [0.4, 0.5) is 5.69 Å². The van der Waals surface area contributed by atoms with Crippen molar-refractivity contribution >= 4 is 5.69 Å². The number of rotatable bonds is 4. The Hall–Kier alpha value is -1.16. The number of anilines is 1. The summed E-state index contributed by atoms with van der Waals surface area (Å²) in [6, 6.07) is 0. The largest absolute Gasteiger partial charge is 0.368 e. The number of hydrogen-bond donors (Lipinski definition) is 1. The minimum Gasteiger partial charge on any atom is -0.368 e. The lowest BCUT2D eigenvalue weighted by molar-refractivity contribution is 0.403. The van der Waals surface area contributed by atoms with Crippen LogP contribution in [0, 0.1) is 5.92 Å². The molecule has 1 aliphatic heterocycles. The van der Waals surface area contributed by atoms with Gasteiger partial charge in [-0.1, -0.05) is 27.2 Å². The van der Waals surface area contributed by atoms with Crippen LogP contribution in [-0.4, -0.2) is 23.1 Å². The van der Waals surface area contributed by atoms with Crippen molar-refractivity contribution in [1.82, 2.24) is 9.97 Å². The number of nitrogens with two attached hydrogens (primary N) is 1. The van der Waals surface area contributed by atoms with Gasteiger partial charge in [-0.2, -0.15) is 0 Å². The van der Waals surface area contributed by atoms with E-state index in [9.17, 15) is 0 Å². The Kier molecular flexibility index (Phi) is 4.75. The summed E-state index contributed by atoms with van der Waals surface area (Å²) in [5, 5.41) is 0. The molecule has 0 amide bonds. The number of piperidine rings is 1. The molecule has 4 heteroatoms. The van der Waals surface area contributed by atoms with Gasteiger partial charge in [0, 0.05) is 25.6 Å². The number of aromatic nitrogens is 2. The zero-order chi connectivity index (χ0) is 13.8. The molecule has 0 spiro atoms. The van der Waals surface area contributed by atoms with Crippen molar-refractivity contribution in [2.75, 3.05) is 18.0 Å². The first-order valence-corrected chi connectivity index (χ1v) is 7.46. The van der Waals surface area contributed by atoms with Gasteiger partial charge in [0.2, 0.25) is 0 Å². The second kappa shape index (κ2) is 6.33. The summed E-state index contributed by atoms with van der Waals surface area (Å²) in [5.74, 6) is 2.04. The van der Waals surface area contributed by atoms with Gasteiger partial charge < -0.3 is 10.6 Å². The van der Waals surface area contributed by atoms with Crippen LogP contribution in [0.2, 0.25) is 0 Å². The molecular weight excluding hydrogens is 236 g/mol. The summed E-state index contributed by atoms with van der Waals surface area (Å²) in [6.45, 7) is 9.22. The van der Waals surface area contributed by atoms with E-state index in [4.69, 9.17) is 5.73 Å². The van der Waals surface area contributed by atoms with Gasteiger partial charge in [-0.05, 0) is 18.8 Å². The van der Waals surface area contributed by atoms with Crippen molar-refractivity contribution in [2.45, 2.75) is 52.5 Å². The smallest absolute Gasteiger partial charge is 0.131 e. The van der Waals surface area contributed by atoms with E-state index in [2.05, 4.69) is 35.6 Å². The Morgan fingerprint density at radius 1 is 1.47 bits per heavy atom. The maximum atomic E-state index is 5.88. The van der Waals surface area contributed by atoms with E-state index in [1.807, 2.05) is 6.20 Å². The number of hydrogen-bond acceptors (Lipinski definition) is 4. The van der Waals surface area contributed by atoms with Gasteiger partial charge in [0.05, 0.1) is 17.6 Å².